The number of amides is 1. The number of carbonyl (C=O) groups excluding carboxylic acids is 1. The Labute approximate surface area is 304 Å². The summed E-state index contributed by atoms with van der Waals surface area (Å²) in [5.74, 6) is -0.0911. The van der Waals surface area contributed by atoms with Crippen molar-refractivity contribution in [2.75, 3.05) is 6.61 Å². The first kappa shape index (κ1) is 46.8. The van der Waals surface area contributed by atoms with Gasteiger partial charge in [0, 0.05) is 6.42 Å². The van der Waals surface area contributed by atoms with Gasteiger partial charge in [0.25, 0.3) is 0 Å². The van der Waals surface area contributed by atoms with Gasteiger partial charge in [-0.05, 0) is 70.6 Å². The van der Waals surface area contributed by atoms with Crippen molar-refractivity contribution in [1.29, 1.82) is 0 Å². The molecule has 0 spiro atoms. The third-order valence-electron chi connectivity index (χ3n) is 8.92. The van der Waals surface area contributed by atoms with E-state index in [-0.39, 0.29) is 12.5 Å². The Morgan fingerprint density at radius 3 is 1.43 bits per heavy atom. The van der Waals surface area contributed by atoms with Crippen LogP contribution in [0.15, 0.2) is 72.9 Å². The van der Waals surface area contributed by atoms with Crippen molar-refractivity contribution in [3.8, 4) is 0 Å². The molecule has 3 N–H and O–H groups in total. The van der Waals surface area contributed by atoms with E-state index in [2.05, 4.69) is 79.9 Å². The van der Waals surface area contributed by atoms with Crippen LogP contribution in [0.2, 0.25) is 0 Å². The predicted molar refractivity (Wildman–Crippen MR) is 216 cm³/mol. The van der Waals surface area contributed by atoms with Gasteiger partial charge < -0.3 is 15.5 Å². The second-order valence-corrected chi connectivity index (χ2v) is 13.7. The largest absolute Gasteiger partial charge is 0.394 e. The van der Waals surface area contributed by atoms with E-state index < -0.39 is 12.1 Å². The van der Waals surface area contributed by atoms with E-state index in [9.17, 15) is 15.0 Å². The van der Waals surface area contributed by atoms with Gasteiger partial charge in [0.1, 0.15) is 0 Å². The molecule has 0 aliphatic rings. The van der Waals surface area contributed by atoms with Crippen molar-refractivity contribution in [1.82, 2.24) is 5.32 Å². The Hall–Kier alpha value is -2.17. The van der Waals surface area contributed by atoms with E-state index in [0.29, 0.717) is 6.42 Å². The number of hydrogen-bond acceptors (Lipinski definition) is 3. The number of allylic oxidation sites excluding steroid dienone is 11. The number of hydrogen-bond donors (Lipinski definition) is 3. The van der Waals surface area contributed by atoms with Crippen molar-refractivity contribution in [3.63, 3.8) is 0 Å². The van der Waals surface area contributed by atoms with Crippen molar-refractivity contribution < 1.29 is 15.0 Å². The van der Waals surface area contributed by atoms with Crippen LogP contribution in [0.5, 0.6) is 0 Å². The monoisotopic (exact) mass is 682 g/mol. The van der Waals surface area contributed by atoms with Gasteiger partial charge in [-0.15, -0.1) is 0 Å². The molecule has 2 atom stereocenters. The quantitative estimate of drug-likeness (QED) is 0.0455. The molecule has 0 aliphatic carbocycles. The van der Waals surface area contributed by atoms with E-state index in [1.165, 1.54) is 96.3 Å². The minimum atomic E-state index is -0.871. The number of nitrogens with one attached hydrogen (secondary N) is 1. The lowest BCUT2D eigenvalue weighted by Crippen LogP contribution is -2.45. The average Bonchev–Trinajstić information content (AvgIpc) is 3.10. The maximum Gasteiger partial charge on any atom is 0.220 e. The molecule has 0 aromatic rings. The summed E-state index contributed by atoms with van der Waals surface area (Å²) >= 11 is 0. The van der Waals surface area contributed by atoms with E-state index in [1.807, 2.05) is 6.08 Å². The van der Waals surface area contributed by atoms with E-state index in [4.69, 9.17) is 0 Å². The van der Waals surface area contributed by atoms with Gasteiger partial charge in [0.2, 0.25) is 5.91 Å². The Morgan fingerprint density at radius 1 is 0.510 bits per heavy atom. The molecule has 0 aromatic carbocycles. The molecule has 2 unspecified atom stereocenters. The lowest BCUT2D eigenvalue weighted by Gasteiger charge is -2.19. The molecule has 4 heteroatoms. The third kappa shape index (κ3) is 36.9. The summed E-state index contributed by atoms with van der Waals surface area (Å²) in [5.41, 5.74) is 0. The maximum absolute atomic E-state index is 12.4. The van der Waals surface area contributed by atoms with Gasteiger partial charge in [-0.2, -0.15) is 0 Å². The molecule has 282 valence electrons. The molecule has 0 saturated carbocycles. The van der Waals surface area contributed by atoms with E-state index >= 15 is 0 Å². The highest BCUT2D eigenvalue weighted by molar-refractivity contribution is 5.76. The zero-order valence-corrected chi connectivity index (χ0v) is 32.2. The zero-order valence-electron chi connectivity index (χ0n) is 32.2. The molecular formula is C45H79NO3. The van der Waals surface area contributed by atoms with Gasteiger partial charge in [0.05, 0.1) is 18.8 Å². The van der Waals surface area contributed by atoms with Gasteiger partial charge in [-0.25, -0.2) is 0 Å². The van der Waals surface area contributed by atoms with Crippen LogP contribution in [-0.2, 0) is 4.79 Å². The fourth-order valence-corrected chi connectivity index (χ4v) is 5.77. The first-order valence-electron chi connectivity index (χ1n) is 20.7. The van der Waals surface area contributed by atoms with Gasteiger partial charge in [-0.3, -0.25) is 4.79 Å². The standard InChI is InChI=1S/C45H79NO3/c1-3-5-7-9-11-13-15-17-19-21-23-25-27-29-31-33-35-37-39-41-45(49)46-43(42-47)44(48)40-38-36-34-32-30-28-26-24-22-20-18-16-14-12-10-8-6-4-2/h5,7,11,13,17,19,23,25,30,32,38,40,43-44,47-48H,3-4,6,8-10,12,14-16,18,20-22,24,26-29,31,33-37,39,41-42H2,1-2H3,(H,46,49)/b7-5-,13-11-,19-17-,25-23-,32-30+,40-38+. The molecule has 0 fully saturated rings. The highest BCUT2D eigenvalue weighted by atomic mass is 16.3. The highest BCUT2D eigenvalue weighted by Crippen LogP contribution is 2.13. The van der Waals surface area contributed by atoms with Crippen molar-refractivity contribution in [2.45, 2.75) is 199 Å². The molecule has 0 aromatic heterocycles. The van der Waals surface area contributed by atoms with Crippen molar-refractivity contribution in [3.05, 3.63) is 72.9 Å². The summed E-state index contributed by atoms with van der Waals surface area (Å²) in [4.78, 5) is 12.4. The summed E-state index contributed by atoms with van der Waals surface area (Å²) in [6, 6.07) is -0.650. The smallest absolute Gasteiger partial charge is 0.220 e. The van der Waals surface area contributed by atoms with Crippen LogP contribution in [-0.4, -0.2) is 34.9 Å². The summed E-state index contributed by atoms with van der Waals surface area (Å²) in [6.07, 6.45) is 57.1. The molecule has 0 aliphatic heterocycles. The Kier molecular flexibility index (Phi) is 38.5. The molecule has 0 bridgehead atoms. The van der Waals surface area contributed by atoms with Gasteiger partial charge >= 0.3 is 0 Å². The Morgan fingerprint density at radius 2 is 0.918 bits per heavy atom. The molecule has 0 heterocycles. The highest BCUT2D eigenvalue weighted by Gasteiger charge is 2.17. The Bertz CT molecular complexity index is 868. The van der Waals surface area contributed by atoms with Crippen LogP contribution in [0.25, 0.3) is 0 Å². The summed E-state index contributed by atoms with van der Waals surface area (Å²) < 4.78 is 0. The number of aliphatic hydroxyl groups is 2. The van der Waals surface area contributed by atoms with Crippen LogP contribution in [0.1, 0.15) is 187 Å². The first-order valence-corrected chi connectivity index (χ1v) is 20.7. The maximum atomic E-state index is 12.4. The average molecular weight is 682 g/mol. The summed E-state index contributed by atoms with van der Waals surface area (Å²) in [7, 11) is 0. The molecule has 4 nitrogen and oxygen atoms in total. The van der Waals surface area contributed by atoms with Crippen molar-refractivity contribution in [2.24, 2.45) is 0 Å². The molecule has 0 saturated heterocycles. The van der Waals surface area contributed by atoms with Crippen LogP contribution >= 0.6 is 0 Å². The molecule has 0 rings (SSSR count). The van der Waals surface area contributed by atoms with Gasteiger partial charge in [-0.1, -0.05) is 183 Å². The molecule has 49 heavy (non-hydrogen) atoms. The van der Waals surface area contributed by atoms with Gasteiger partial charge in [0.15, 0.2) is 0 Å². The van der Waals surface area contributed by atoms with E-state index in [0.717, 1.165) is 70.6 Å². The first-order chi connectivity index (χ1) is 24.2. The zero-order chi connectivity index (χ0) is 35.7. The van der Waals surface area contributed by atoms with E-state index in [1.54, 1.807) is 6.08 Å². The molecule has 1 amide bonds. The fraction of sp³-hybridized carbons (Fsp3) is 0.711. The van der Waals surface area contributed by atoms with Crippen LogP contribution in [0, 0.1) is 0 Å². The molecular weight excluding hydrogens is 602 g/mol. The van der Waals surface area contributed by atoms with Crippen LogP contribution < -0.4 is 5.32 Å². The SMILES string of the molecule is CC/C=C\C/C=C\C/C=C\C/C=C\CCCCCCCCC(=O)NC(CO)C(O)/C=C/CC/C=C/CCCCCCCCCCCCCC. The number of carbonyl (C=O) groups is 1. The minimum Gasteiger partial charge on any atom is -0.394 e. The summed E-state index contributed by atoms with van der Waals surface area (Å²) in [5, 5.41) is 22.9. The summed E-state index contributed by atoms with van der Waals surface area (Å²) in [6.45, 7) is 4.17. The lowest BCUT2D eigenvalue weighted by molar-refractivity contribution is -0.123. The number of unbranched alkanes of at least 4 members (excludes halogenated alkanes) is 19. The predicted octanol–water partition coefficient (Wildman–Crippen LogP) is 12.7. The van der Waals surface area contributed by atoms with Crippen molar-refractivity contribution >= 4 is 5.91 Å². The second-order valence-electron chi connectivity index (χ2n) is 13.7. The Balaban J connectivity index is 3.69. The molecule has 0 radical (unpaired) electrons. The second kappa shape index (κ2) is 40.3. The minimum absolute atomic E-state index is 0.0911. The normalized spacial score (nSPS) is 13.8. The van der Waals surface area contributed by atoms with Crippen LogP contribution in [0.4, 0.5) is 0 Å². The van der Waals surface area contributed by atoms with Crippen LogP contribution in [0.3, 0.4) is 0 Å². The number of rotatable bonds is 36. The number of aliphatic hydroxyl groups excluding tert-OH is 2. The topological polar surface area (TPSA) is 69.6 Å². The lowest BCUT2D eigenvalue weighted by atomic mass is 10.0. The fourth-order valence-electron chi connectivity index (χ4n) is 5.77. The third-order valence-corrected chi connectivity index (χ3v) is 8.92.